The number of benzene rings is 1. The van der Waals surface area contributed by atoms with E-state index in [0.717, 1.165) is 17.7 Å². The Bertz CT molecular complexity index is 553. The van der Waals surface area contributed by atoms with Crippen LogP contribution in [-0.2, 0) is 12.8 Å². The predicted molar refractivity (Wildman–Crippen MR) is 64.4 cm³/mol. The highest BCUT2D eigenvalue weighted by atomic mass is 19.4. The van der Waals surface area contributed by atoms with Crippen LogP contribution in [0.15, 0.2) is 42.6 Å². The number of pyridine rings is 1. The van der Waals surface area contributed by atoms with Crippen LogP contribution in [0.1, 0.15) is 11.1 Å². The molecule has 0 saturated heterocycles. The molecule has 0 spiro atoms. The summed E-state index contributed by atoms with van der Waals surface area (Å²) in [7, 11) is 0. The van der Waals surface area contributed by atoms with Gasteiger partial charge in [-0.1, -0.05) is 12.1 Å². The first kappa shape index (κ1) is 13.2. The molecule has 0 amide bonds. The molecule has 0 fully saturated rings. The highest BCUT2D eigenvalue weighted by Crippen LogP contribution is 2.31. The summed E-state index contributed by atoms with van der Waals surface area (Å²) < 4.78 is 42.8. The van der Waals surface area contributed by atoms with Crippen molar-refractivity contribution < 1.29 is 17.9 Å². The normalized spacial score (nSPS) is 11.3. The summed E-state index contributed by atoms with van der Waals surface area (Å²) in [6.45, 7) is 0.134. The molecule has 0 bridgehead atoms. The predicted octanol–water partition coefficient (Wildman–Crippen LogP) is 3.26. The maximum Gasteiger partial charge on any atom is 0.416 e. The fraction of sp³-hybridized carbons (Fsp3) is 0.154. The van der Waals surface area contributed by atoms with E-state index in [-0.39, 0.29) is 12.4 Å². The molecule has 1 aromatic carbocycles. The Kier molecular flexibility index (Phi) is 3.59. The molecule has 2 aromatic rings. The van der Waals surface area contributed by atoms with E-state index in [1.165, 1.54) is 18.3 Å². The number of nitrogen functional groups attached to an aromatic ring is 1. The lowest BCUT2D eigenvalue weighted by atomic mass is 10.2. The van der Waals surface area contributed by atoms with Gasteiger partial charge in [0.15, 0.2) is 0 Å². The topological polar surface area (TPSA) is 48.1 Å². The van der Waals surface area contributed by atoms with Crippen LogP contribution < -0.4 is 10.5 Å². The first-order valence-electron chi connectivity index (χ1n) is 5.45. The molecule has 100 valence electrons. The fourth-order valence-corrected chi connectivity index (χ4v) is 1.45. The molecule has 6 heteroatoms. The average molecular weight is 268 g/mol. The van der Waals surface area contributed by atoms with Crippen LogP contribution in [0.25, 0.3) is 0 Å². The molecule has 3 nitrogen and oxygen atoms in total. The van der Waals surface area contributed by atoms with Gasteiger partial charge in [-0.05, 0) is 24.3 Å². The summed E-state index contributed by atoms with van der Waals surface area (Å²) in [6.07, 6.45) is -2.86. The summed E-state index contributed by atoms with van der Waals surface area (Å²) in [5.41, 5.74) is 5.42. The lowest BCUT2D eigenvalue weighted by Gasteiger charge is -2.10. The Morgan fingerprint density at radius 2 is 1.95 bits per heavy atom. The van der Waals surface area contributed by atoms with Crippen LogP contribution in [0, 0.1) is 0 Å². The SMILES string of the molecule is Nc1ccc(COc2cccc(C(F)(F)F)c2)cn1. The number of alkyl halides is 3. The van der Waals surface area contributed by atoms with Crippen molar-refractivity contribution in [1.82, 2.24) is 4.98 Å². The van der Waals surface area contributed by atoms with Crippen LogP contribution >= 0.6 is 0 Å². The second-order valence-electron chi connectivity index (χ2n) is 3.91. The molecule has 0 saturated carbocycles. The minimum Gasteiger partial charge on any atom is -0.489 e. The van der Waals surface area contributed by atoms with Crippen molar-refractivity contribution in [2.24, 2.45) is 0 Å². The highest BCUT2D eigenvalue weighted by Gasteiger charge is 2.30. The number of anilines is 1. The van der Waals surface area contributed by atoms with Crippen molar-refractivity contribution in [3.05, 3.63) is 53.7 Å². The van der Waals surface area contributed by atoms with Gasteiger partial charge in [0.1, 0.15) is 18.2 Å². The van der Waals surface area contributed by atoms with Crippen molar-refractivity contribution in [3.63, 3.8) is 0 Å². The van der Waals surface area contributed by atoms with E-state index in [2.05, 4.69) is 4.98 Å². The highest BCUT2D eigenvalue weighted by molar-refractivity contribution is 5.31. The van der Waals surface area contributed by atoms with Gasteiger partial charge in [-0.2, -0.15) is 13.2 Å². The van der Waals surface area contributed by atoms with E-state index in [0.29, 0.717) is 5.82 Å². The van der Waals surface area contributed by atoms with Gasteiger partial charge in [0.05, 0.1) is 5.56 Å². The van der Waals surface area contributed by atoms with Gasteiger partial charge in [-0.25, -0.2) is 4.98 Å². The van der Waals surface area contributed by atoms with E-state index in [9.17, 15) is 13.2 Å². The minimum atomic E-state index is -4.37. The van der Waals surface area contributed by atoms with Gasteiger partial charge in [0.25, 0.3) is 0 Å². The zero-order valence-corrected chi connectivity index (χ0v) is 9.82. The van der Waals surface area contributed by atoms with Crippen molar-refractivity contribution >= 4 is 5.82 Å². The number of aromatic nitrogens is 1. The monoisotopic (exact) mass is 268 g/mol. The number of ether oxygens (including phenoxy) is 1. The van der Waals surface area contributed by atoms with Crippen molar-refractivity contribution in [1.29, 1.82) is 0 Å². The largest absolute Gasteiger partial charge is 0.489 e. The van der Waals surface area contributed by atoms with Gasteiger partial charge >= 0.3 is 6.18 Å². The first-order valence-corrected chi connectivity index (χ1v) is 5.45. The summed E-state index contributed by atoms with van der Waals surface area (Å²) >= 11 is 0. The van der Waals surface area contributed by atoms with Gasteiger partial charge in [0, 0.05) is 11.8 Å². The molecule has 0 aliphatic carbocycles. The van der Waals surface area contributed by atoms with Gasteiger partial charge in [0.2, 0.25) is 0 Å². The van der Waals surface area contributed by atoms with Crippen LogP contribution in [-0.4, -0.2) is 4.98 Å². The molecule has 2 rings (SSSR count). The Morgan fingerprint density at radius 1 is 1.16 bits per heavy atom. The number of nitrogens with two attached hydrogens (primary N) is 1. The second-order valence-corrected chi connectivity index (χ2v) is 3.91. The lowest BCUT2D eigenvalue weighted by molar-refractivity contribution is -0.137. The van der Waals surface area contributed by atoms with E-state index in [1.807, 2.05) is 0 Å². The standard InChI is InChI=1S/C13H11F3N2O/c14-13(15,16)10-2-1-3-11(6-10)19-8-9-4-5-12(17)18-7-9/h1-7H,8H2,(H2,17,18). The molecule has 19 heavy (non-hydrogen) atoms. The fourth-order valence-electron chi connectivity index (χ4n) is 1.45. The van der Waals surface area contributed by atoms with Crippen LogP contribution in [0.5, 0.6) is 5.75 Å². The van der Waals surface area contributed by atoms with Gasteiger partial charge in [-0.3, -0.25) is 0 Å². The third kappa shape index (κ3) is 3.61. The molecular weight excluding hydrogens is 257 g/mol. The average Bonchev–Trinajstić information content (AvgIpc) is 2.37. The maximum atomic E-state index is 12.5. The van der Waals surface area contributed by atoms with Crippen molar-refractivity contribution in [3.8, 4) is 5.75 Å². The van der Waals surface area contributed by atoms with E-state index < -0.39 is 11.7 Å². The molecule has 0 radical (unpaired) electrons. The van der Waals surface area contributed by atoms with E-state index in [4.69, 9.17) is 10.5 Å². The summed E-state index contributed by atoms with van der Waals surface area (Å²) in [4.78, 5) is 3.87. The van der Waals surface area contributed by atoms with Crippen LogP contribution in [0.3, 0.4) is 0 Å². The molecule has 2 N–H and O–H groups in total. The quantitative estimate of drug-likeness (QED) is 0.929. The molecule has 0 unspecified atom stereocenters. The molecule has 0 atom stereocenters. The number of rotatable bonds is 3. The second kappa shape index (κ2) is 5.17. The number of hydrogen-bond donors (Lipinski definition) is 1. The van der Waals surface area contributed by atoms with Gasteiger partial charge < -0.3 is 10.5 Å². The van der Waals surface area contributed by atoms with Crippen molar-refractivity contribution in [2.75, 3.05) is 5.73 Å². The summed E-state index contributed by atoms with van der Waals surface area (Å²) in [5.74, 6) is 0.537. The molecule has 0 aliphatic heterocycles. The zero-order chi connectivity index (χ0) is 13.9. The Hall–Kier alpha value is -2.24. The van der Waals surface area contributed by atoms with Crippen LogP contribution in [0.2, 0.25) is 0 Å². The van der Waals surface area contributed by atoms with E-state index in [1.54, 1.807) is 12.1 Å². The lowest BCUT2D eigenvalue weighted by Crippen LogP contribution is -2.05. The Morgan fingerprint density at radius 3 is 2.58 bits per heavy atom. The van der Waals surface area contributed by atoms with E-state index >= 15 is 0 Å². The summed E-state index contributed by atoms with van der Waals surface area (Å²) in [5, 5.41) is 0. The number of nitrogens with zero attached hydrogens (tertiary/aromatic N) is 1. The van der Waals surface area contributed by atoms with Crippen molar-refractivity contribution in [2.45, 2.75) is 12.8 Å². The Labute approximate surface area is 107 Å². The minimum absolute atomic E-state index is 0.134. The molecule has 0 aliphatic rings. The zero-order valence-electron chi connectivity index (χ0n) is 9.82. The smallest absolute Gasteiger partial charge is 0.416 e. The van der Waals surface area contributed by atoms with Crippen LogP contribution in [0.4, 0.5) is 19.0 Å². The number of hydrogen-bond acceptors (Lipinski definition) is 3. The third-order valence-electron chi connectivity index (χ3n) is 2.41. The molecule has 1 heterocycles. The summed E-state index contributed by atoms with van der Waals surface area (Å²) in [6, 6.07) is 8.04. The van der Waals surface area contributed by atoms with Gasteiger partial charge in [-0.15, -0.1) is 0 Å². The third-order valence-corrected chi connectivity index (χ3v) is 2.41. The first-order chi connectivity index (χ1) is 8.95. The maximum absolute atomic E-state index is 12.5. The molecule has 1 aromatic heterocycles. The Balaban J connectivity index is 2.05. The molecular formula is C13H11F3N2O. The number of halogens is 3.